The van der Waals surface area contributed by atoms with E-state index in [0.717, 1.165) is 69.0 Å². The Morgan fingerprint density at radius 2 is 1.83 bits per heavy atom. The Morgan fingerprint density at radius 1 is 1.13 bits per heavy atom. The van der Waals surface area contributed by atoms with Crippen LogP contribution in [0.4, 0.5) is 10.5 Å². The maximum atomic E-state index is 12.5. The molecule has 1 aromatic carbocycles. The van der Waals surface area contributed by atoms with E-state index in [0.29, 0.717) is 6.04 Å². The lowest BCUT2D eigenvalue weighted by molar-refractivity contribution is 0.0194. The predicted molar refractivity (Wildman–Crippen MR) is 91.9 cm³/mol. The van der Waals surface area contributed by atoms with Crippen molar-refractivity contribution < 1.29 is 9.53 Å². The number of carbonyl (C=O) groups excluding carboxylic acids is 1. The highest BCUT2D eigenvalue weighted by Gasteiger charge is 2.27. The number of nitrogens with zero attached hydrogens (tertiary/aromatic N) is 2. The van der Waals surface area contributed by atoms with Crippen molar-refractivity contribution in [2.45, 2.75) is 32.7 Å². The number of urea groups is 1. The molecule has 0 aromatic heterocycles. The summed E-state index contributed by atoms with van der Waals surface area (Å²) >= 11 is 0. The Labute approximate surface area is 138 Å². The minimum Gasteiger partial charge on any atom is -0.381 e. The summed E-state index contributed by atoms with van der Waals surface area (Å²) < 4.78 is 5.44. The third-order valence-electron chi connectivity index (χ3n) is 4.94. The van der Waals surface area contributed by atoms with Crippen molar-refractivity contribution in [3.05, 3.63) is 29.3 Å². The van der Waals surface area contributed by atoms with Crippen LogP contribution >= 0.6 is 0 Å². The van der Waals surface area contributed by atoms with Gasteiger partial charge in [0.15, 0.2) is 0 Å². The molecule has 1 aromatic rings. The summed E-state index contributed by atoms with van der Waals surface area (Å²) in [7, 11) is 0. The first-order valence-electron chi connectivity index (χ1n) is 8.58. The van der Waals surface area contributed by atoms with Crippen molar-refractivity contribution in [1.82, 2.24) is 9.80 Å². The molecular formula is C18H27N3O2. The Hall–Kier alpha value is -1.59. The fraction of sp³-hybridized carbons (Fsp3) is 0.611. The smallest absolute Gasteiger partial charge is 0.321 e. The predicted octanol–water partition coefficient (Wildman–Crippen LogP) is 2.63. The van der Waals surface area contributed by atoms with E-state index in [1.165, 1.54) is 0 Å². The molecule has 2 amide bonds. The van der Waals surface area contributed by atoms with Gasteiger partial charge in [-0.3, -0.25) is 4.90 Å². The van der Waals surface area contributed by atoms with Crippen molar-refractivity contribution in [3.8, 4) is 0 Å². The first kappa shape index (κ1) is 16.3. The standard InChI is InChI=1S/C18H27N3O2/c1-14-3-4-15(2)17(13-14)19-18(22)21-9-7-20(8-10-21)16-5-11-23-12-6-16/h3-4,13,16H,5-12H2,1-2H3,(H,19,22). The van der Waals surface area contributed by atoms with Crippen molar-refractivity contribution in [1.29, 1.82) is 0 Å². The van der Waals surface area contributed by atoms with Crippen LogP contribution in [0.3, 0.4) is 0 Å². The van der Waals surface area contributed by atoms with Crippen LogP contribution in [0.1, 0.15) is 24.0 Å². The topological polar surface area (TPSA) is 44.8 Å². The highest BCUT2D eigenvalue weighted by molar-refractivity contribution is 5.90. The molecule has 2 aliphatic heterocycles. The number of benzene rings is 1. The summed E-state index contributed by atoms with van der Waals surface area (Å²) in [5, 5.41) is 3.06. The largest absolute Gasteiger partial charge is 0.381 e. The zero-order valence-electron chi connectivity index (χ0n) is 14.2. The third kappa shape index (κ3) is 4.03. The average Bonchev–Trinajstić information content (AvgIpc) is 2.59. The van der Waals surface area contributed by atoms with Gasteiger partial charge in [0, 0.05) is 51.1 Å². The van der Waals surface area contributed by atoms with E-state index >= 15 is 0 Å². The molecule has 3 rings (SSSR count). The Balaban J connectivity index is 1.52. The number of carbonyl (C=O) groups is 1. The molecular weight excluding hydrogens is 290 g/mol. The van der Waals surface area contributed by atoms with Crippen LogP contribution < -0.4 is 5.32 Å². The van der Waals surface area contributed by atoms with Gasteiger partial charge in [0.1, 0.15) is 0 Å². The second-order valence-electron chi connectivity index (χ2n) is 6.62. The number of amides is 2. The lowest BCUT2D eigenvalue weighted by Gasteiger charge is -2.40. The molecule has 2 heterocycles. The number of hydrogen-bond acceptors (Lipinski definition) is 3. The van der Waals surface area contributed by atoms with Gasteiger partial charge in [-0.2, -0.15) is 0 Å². The monoisotopic (exact) mass is 317 g/mol. The zero-order chi connectivity index (χ0) is 16.2. The minimum absolute atomic E-state index is 0.0188. The molecule has 0 spiro atoms. The summed E-state index contributed by atoms with van der Waals surface area (Å²) in [6.07, 6.45) is 2.24. The Morgan fingerprint density at radius 3 is 2.52 bits per heavy atom. The van der Waals surface area contributed by atoms with Crippen LogP contribution in [-0.4, -0.2) is 61.3 Å². The number of ether oxygens (including phenoxy) is 1. The number of piperazine rings is 1. The fourth-order valence-corrected chi connectivity index (χ4v) is 3.41. The number of aryl methyl sites for hydroxylation is 2. The van der Waals surface area contributed by atoms with Gasteiger partial charge in [0.25, 0.3) is 0 Å². The molecule has 126 valence electrons. The van der Waals surface area contributed by atoms with E-state index in [2.05, 4.69) is 16.3 Å². The van der Waals surface area contributed by atoms with E-state index in [1.807, 2.05) is 30.9 Å². The summed E-state index contributed by atoms with van der Waals surface area (Å²) in [5.74, 6) is 0. The van der Waals surface area contributed by atoms with Gasteiger partial charge in [-0.25, -0.2) is 4.79 Å². The maximum absolute atomic E-state index is 12.5. The molecule has 0 saturated carbocycles. The molecule has 5 heteroatoms. The van der Waals surface area contributed by atoms with Crippen LogP contribution in [0.2, 0.25) is 0 Å². The minimum atomic E-state index is 0.0188. The molecule has 23 heavy (non-hydrogen) atoms. The van der Waals surface area contributed by atoms with Crippen molar-refractivity contribution >= 4 is 11.7 Å². The maximum Gasteiger partial charge on any atom is 0.321 e. The lowest BCUT2D eigenvalue weighted by Crippen LogP contribution is -2.53. The van der Waals surface area contributed by atoms with Gasteiger partial charge >= 0.3 is 6.03 Å². The quantitative estimate of drug-likeness (QED) is 0.912. The first-order chi connectivity index (χ1) is 11.1. The number of anilines is 1. The van der Waals surface area contributed by atoms with E-state index in [1.54, 1.807) is 0 Å². The Kier molecular flexibility index (Phi) is 5.18. The van der Waals surface area contributed by atoms with Crippen LogP contribution in [0, 0.1) is 13.8 Å². The highest BCUT2D eigenvalue weighted by atomic mass is 16.5. The molecule has 2 aliphatic rings. The van der Waals surface area contributed by atoms with E-state index in [-0.39, 0.29) is 6.03 Å². The van der Waals surface area contributed by atoms with Crippen LogP contribution in [0.15, 0.2) is 18.2 Å². The summed E-state index contributed by atoms with van der Waals surface area (Å²) in [6.45, 7) is 9.34. The fourth-order valence-electron chi connectivity index (χ4n) is 3.41. The lowest BCUT2D eigenvalue weighted by atomic mass is 10.1. The van der Waals surface area contributed by atoms with Gasteiger partial charge in [0.05, 0.1) is 0 Å². The van der Waals surface area contributed by atoms with Crippen molar-refractivity contribution in [3.63, 3.8) is 0 Å². The van der Waals surface area contributed by atoms with E-state index < -0.39 is 0 Å². The molecule has 5 nitrogen and oxygen atoms in total. The summed E-state index contributed by atoms with van der Waals surface area (Å²) in [5.41, 5.74) is 3.18. The normalized spacial score (nSPS) is 20.5. The SMILES string of the molecule is Cc1ccc(C)c(NC(=O)N2CCN(C3CCOCC3)CC2)c1. The Bertz CT molecular complexity index is 547. The third-order valence-corrected chi connectivity index (χ3v) is 4.94. The second-order valence-corrected chi connectivity index (χ2v) is 6.62. The first-order valence-corrected chi connectivity index (χ1v) is 8.58. The van der Waals surface area contributed by atoms with E-state index in [4.69, 9.17) is 4.74 Å². The van der Waals surface area contributed by atoms with Gasteiger partial charge in [-0.05, 0) is 43.9 Å². The molecule has 0 atom stereocenters. The molecule has 0 aliphatic carbocycles. The van der Waals surface area contributed by atoms with Crippen molar-refractivity contribution in [2.75, 3.05) is 44.7 Å². The van der Waals surface area contributed by atoms with Crippen LogP contribution in [0.25, 0.3) is 0 Å². The van der Waals surface area contributed by atoms with Gasteiger partial charge in [0.2, 0.25) is 0 Å². The number of rotatable bonds is 2. The average molecular weight is 317 g/mol. The number of hydrogen-bond donors (Lipinski definition) is 1. The van der Waals surface area contributed by atoms with Crippen LogP contribution in [0.5, 0.6) is 0 Å². The van der Waals surface area contributed by atoms with Gasteiger partial charge in [-0.1, -0.05) is 12.1 Å². The van der Waals surface area contributed by atoms with Gasteiger partial charge in [-0.15, -0.1) is 0 Å². The van der Waals surface area contributed by atoms with Crippen molar-refractivity contribution in [2.24, 2.45) is 0 Å². The zero-order valence-corrected chi connectivity index (χ0v) is 14.2. The highest BCUT2D eigenvalue weighted by Crippen LogP contribution is 2.19. The summed E-state index contributed by atoms with van der Waals surface area (Å²) in [6, 6.07) is 6.80. The van der Waals surface area contributed by atoms with Gasteiger partial charge < -0.3 is 15.0 Å². The molecule has 0 unspecified atom stereocenters. The molecule has 0 bridgehead atoms. The molecule has 2 fully saturated rings. The second kappa shape index (κ2) is 7.32. The van der Waals surface area contributed by atoms with Crippen LogP contribution in [-0.2, 0) is 4.74 Å². The molecule has 1 N–H and O–H groups in total. The molecule has 0 radical (unpaired) electrons. The summed E-state index contributed by atoms with van der Waals surface area (Å²) in [4.78, 5) is 16.9. The molecule has 2 saturated heterocycles. The van der Waals surface area contributed by atoms with E-state index in [9.17, 15) is 4.79 Å². The number of nitrogens with one attached hydrogen (secondary N) is 1.